The lowest BCUT2D eigenvalue weighted by Crippen LogP contribution is -2.54. The molecule has 1 N–H and O–H groups in total. The summed E-state index contributed by atoms with van der Waals surface area (Å²) in [4.78, 5) is 17.1. The number of anilines is 1. The Balaban J connectivity index is 1.29. The second-order valence-corrected chi connectivity index (χ2v) is 8.37. The first-order chi connectivity index (χ1) is 15.0. The van der Waals surface area contributed by atoms with E-state index in [4.69, 9.17) is 4.74 Å². The number of rotatable bonds is 8. The van der Waals surface area contributed by atoms with Gasteiger partial charge in [0.2, 0.25) is 0 Å². The molecule has 0 spiro atoms. The molecule has 8 nitrogen and oxygen atoms in total. The molecule has 1 aliphatic rings. The number of ether oxygens (including phenoxy) is 1. The molecule has 31 heavy (non-hydrogen) atoms. The van der Waals surface area contributed by atoms with Gasteiger partial charge in [-0.05, 0) is 37.6 Å². The molecule has 1 aromatic carbocycles. The average Bonchev–Trinajstić information content (AvgIpc) is 3.18. The van der Waals surface area contributed by atoms with E-state index in [1.807, 2.05) is 37.0 Å². The topological polar surface area (TPSA) is 79.5 Å². The third-order valence-corrected chi connectivity index (χ3v) is 5.66. The molecule has 1 atom stereocenters. The van der Waals surface area contributed by atoms with E-state index in [9.17, 15) is 5.11 Å². The largest absolute Gasteiger partial charge is 0.486 e. The van der Waals surface area contributed by atoms with Crippen LogP contribution in [0.5, 0.6) is 5.75 Å². The molecule has 8 heteroatoms. The molecule has 0 saturated carbocycles. The van der Waals surface area contributed by atoms with Crippen molar-refractivity contribution >= 4 is 5.82 Å². The van der Waals surface area contributed by atoms with Crippen molar-refractivity contribution in [3.05, 3.63) is 66.6 Å². The first kappa shape index (κ1) is 21.3. The number of aliphatic hydroxyl groups is 1. The molecule has 2 aromatic heterocycles. The van der Waals surface area contributed by atoms with E-state index in [-0.39, 0.29) is 0 Å². The van der Waals surface area contributed by atoms with Crippen molar-refractivity contribution in [2.45, 2.75) is 31.6 Å². The Hall–Kier alpha value is -2.97. The summed E-state index contributed by atoms with van der Waals surface area (Å²) < 4.78 is 7.78. The van der Waals surface area contributed by atoms with Crippen molar-refractivity contribution in [1.82, 2.24) is 24.4 Å². The first-order valence-corrected chi connectivity index (χ1v) is 10.6. The number of aryl methyl sites for hydroxylation is 1. The van der Waals surface area contributed by atoms with Gasteiger partial charge in [-0.1, -0.05) is 12.1 Å². The number of nitrogens with zero attached hydrogens (tertiary/aromatic N) is 6. The number of β-amino-alcohol motifs (C(OH)–C–C–N with tert-alkyl or cyclic N) is 1. The molecule has 4 rings (SSSR count). The number of hydrogen-bond donors (Lipinski definition) is 1. The van der Waals surface area contributed by atoms with Gasteiger partial charge in [-0.15, -0.1) is 0 Å². The maximum Gasteiger partial charge on any atom is 0.147 e. The van der Waals surface area contributed by atoms with Gasteiger partial charge >= 0.3 is 0 Å². The van der Waals surface area contributed by atoms with Gasteiger partial charge in [0.05, 0.1) is 11.8 Å². The lowest BCUT2D eigenvalue weighted by atomic mass is 9.92. The van der Waals surface area contributed by atoms with Gasteiger partial charge in [0, 0.05) is 58.0 Å². The number of hydrogen-bond acceptors (Lipinski definition) is 7. The van der Waals surface area contributed by atoms with Gasteiger partial charge in [0.1, 0.15) is 24.0 Å². The third kappa shape index (κ3) is 5.59. The van der Waals surface area contributed by atoms with Crippen molar-refractivity contribution in [2.75, 3.05) is 31.6 Å². The lowest BCUT2D eigenvalue weighted by molar-refractivity contribution is -0.00349. The van der Waals surface area contributed by atoms with Crippen LogP contribution in [0.4, 0.5) is 5.82 Å². The van der Waals surface area contributed by atoms with Gasteiger partial charge in [-0.2, -0.15) is 0 Å². The summed E-state index contributed by atoms with van der Waals surface area (Å²) in [7, 11) is 4.00. The van der Waals surface area contributed by atoms with Crippen LogP contribution in [-0.2, 0) is 20.2 Å². The minimum atomic E-state index is -0.768. The van der Waals surface area contributed by atoms with Crippen molar-refractivity contribution in [1.29, 1.82) is 0 Å². The van der Waals surface area contributed by atoms with E-state index < -0.39 is 5.60 Å². The van der Waals surface area contributed by atoms with Crippen LogP contribution in [0.25, 0.3) is 0 Å². The standard InChI is InChI=1S/C23H30N6O2/c1-27(17-23(30)8-3-12-29(18-23)21-14-24-9-10-25-21)15-19-4-6-20(7-5-19)31-16-22-26-11-13-28(22)2/h4-7,9-11,13-14,30H,3,8,12,15-18H2,1-2H3. The van der Waals surface area contributed by atoms with E-state index in [1.54, 1.807) is 24.8 Å². The Morgan fingerprint density at radius 1 is 1.16 bits per heavy atom. The molecule has 0 bridgehead atoms. The average molecular weight is 423 g/mol. The zero-order chi connectivity index (χ0) is 21.7. The molecule has 164 valence electrons. The van der Waals surface area contributed by atoms with Crippen LogP contribution in [0.3, 0.4) is 0 Å². The fraction of sp³-hybridized carbons (Fsp3) is 0.435. The Morgan fingerprint density at radius 2 is 2.00 bits per heavy atom. The van der Waals surface area contributed by atoms with Crippen LogP contribution >= 0.6 is 0 Å². The molecule has 3 heterocycles. The number of imidazole rings is 1. The second kappa shape index (κ2) is 9.45. The van der Waals surface area contributed by atoms with Gasteiger partial charge < -0.3 is 19.3 Å². The van der Waals surface area contributed by atoms with Crippen molar-refractivity contribution in [3.8, 4) is 5.75 Å². The Morgan fingerprint density at radius 3 is 2.71 bits per heavy atom. The van der Waals surface area contributed by atoms with E-state index in [0.717, 1.165) is 43.3 Å². The Kier molecular flexibility index (Phi) is 6.48. The Labute approximate surface area is 183 Å². The number of aromatic nitrogens is 4. The van der Waals surface area contributed by atoms with Crippen LogP contribution in [0, 0.1) is 0 Å². The fourth-order valence-electron chi connectivity index (χ4n) is 4.14. The van der Waals surface area contributed by atoms with Crippen LogP contribution in [-0.4, -0.2) is 61.8 Å². The molecule has 1 fully saturated rings. The normalized spacial score (nSPS) is 19.0. The number of likely N-dealkylation sites (N-methyl/N-ethyl adjacent to an activating group) is 1. The predicted molar refractivity (Wildman–Crippen MR) is 119 cm³/mol. The molecule has 1 aliphatic heterocycles. The summed E-state index contributed by atoms with van der Waals surface area (Å²) in [6, 6.07) is 8.11. The molecule has 0 aliphatic carbocycles. The summed E-state index contributed by atoms with van der Waals surface area (Å²) in [6.45, 7) is 3.26. The zero-order valence-electron chi connectivity index (χ0n) is 18.2. The maximum absolute atomic E-state index is 11.2. The van der Waals surface area contributed by atoms with Crippen LogP contribution in [0.1, 0.15) is 24.2 Å². The summed E-state index contributed by atoms with van der Waals surface area (Å²) in [5, 5.41) is 11.2. The van der Waals surface area contributed by atoms with E-state index in [2.05, 4.69) is 36.9 Å². The van der Waals surface area contributed by atoms with Crippen LogP contribution in [0.2, 0.25) is 0 Å². The van der Waals surface area contributed by atoms with Crippen molar-refractivity contribution < 1.29 is 9.84 Å². The Bertz CT molecular complexity index is 962. The van der Waals surface area contributed by atoms with Crippen molar-refractivity contribution in [3.63, 3.8) is 0 Å². The highest BCUT2D eigenvalue weighted by Crippen LogP contribution is 2.25. The quantitative estimate of drug-likeness (QED) is 0.596. The highest BCUT2D eigenvalue weighted by Gasteiger charge is 2.34. The maximum atomic E-state index is 11.2. The molecule has 3 aromatic rings. The van der Waals surface area contributed by atoms with E-state index in [1.165, 1.54) is 5.56 Å². The summed E-state index contributed by atoms with van der Waals surface area (Å²) in [5.74, 6) is 2.53. The van der Waals surface area contributed by atoms with Gasteiger partial charge in [-0.25, -0.2) is 9.97 Å². The zero-order valence-corrected chi connectivity index (χ0v) is 18.2. The molecular formula is C23H30N6O2. The fourth-order valence-corrected chi connectivity index (χ4v) is 4.14. The monoisotopic (exact) mass is 422 g/mol. The second-order valence-electron chi connectivity index (χ2n) is 8.37. The van der Waals surface area contributed by atoms with E-state index in [0.29, 0.717) is 19.7 Å². The minimum absolute atomic E-state index is 0.443. The smallest absolute Gasteiger partial charge is 0.147 e. The van der Waals surface area contributed by atoms with Gasteiger partial charge in [-0.3, -0.25) is 9.88 Å². The van der Waals surface area contributed by atoms with Crippen LogP contribution in [0.15, 0.2) is 55.2 Å². The van der Waals surface area contributed by atoms with Crippen molar-refractivity contribution in [2.24, 2.45) is 7.05 Å². The number of piperidine rings is 1. The van der Waals surface area contributed by atoms with Gasteiger partial charge in [0.25, 0.3) is 0 Å². The molecule has 1 saturated heterocycles. The lowest BCUT2D eigenvalue weighted by Gasteiger charge is -2.41. The molecule has 1 unspecified atom stereocenters. The number of benzene rings is 1. The minimum Gasteiger partial charge on any atom is -0.486 e. The predicted octanol–water partition coefficient (Wildman–Crippen LogP) is 2.25. The molecule has 0 radical (unpaired) electrons. The summed E-state index contributed by atoms with van der Waals surface area (Å²) in [6.07, 6.45) is 10.5. The first-order valence-electron chi connectivity index (χ1n) is 10.6. The third-order valence-electron chi connectivity index (χ3n) is 5.66. The summed E-state index contributed by atoms with van der Waals surface area (Å²) >= 11 is 0. The molecular weight excluding hydrogens is 392 g/mol. The highest BCUT2D eigenvalue weighted by molar-refractivity contribution is 5.36. The summed E-state index contributed by atoms with van der Waals surface area (Å²) in [5.41, 5.74) is 0.410. The SMILES string of the molecule is CN(Cc1ccc(OCc2nccn2C)cc1)CC1(O)CCCN(c2cnccn2)C1. The van der Waals surface area contributed by atoms with Crippen LogP contribution < -0.4 is 9.64 Å². The van der Waals surface area contributed by atoms with E-state index >= 15 is 0 Å². The van der Waals surface area contributed by atoms with Gasteiger partial charge in [0.15, 0.2) is 0 Å². The molecule has 0 amide bonds. The highest BCUT2D eigenvalue weighted by atomic mass is 16.5.